The van der Waals surface area contributed by atoms with Crippen LogP contribution < -0.4 is 5.32 Å². The van der Waals surface area contributed by atoms with Gasteiger partial charge in [0.05, 0.1) is 11.3 Å². The van der Waals surface area contributed by atoms with E-state index in [1.54, 1.807) is 23.1 Å². The third kappa shape index (κ3) is 7.05. The maximum Gasteiger partial charge on any atom is 0.235 e. The predicted molar refractivity (Wildman–Crippen MR) is 150 cm³/mol. The minimum atomic E-state index is -0.130. The maximum absolute atomic E-state index is 12.6. The molecule has 0 spiro atoms. The number of fused-ring (bicyclic) bond motifs is 1. The number of carbonyl (C=O) groups excluding carboxylic acids is 1. The Morgan fingerprint density at radius 3 is 2.31 bits per heavy atom. The van der Waals surface area contributed by atoms with E-state index in [1.165, 1.54) is 16.9 Å². The van der Waals surface area contributed by atoms with Crippen LogP contribution in [0.4, 0.5) is 5.00 Å². The quantitative estimate of drug-likeness (QED) is 0.298. The molecule has 0 unspecified atom stereocenters. The Hall–Kier alpha value is -1.97. The normalized spacial score (nSPS) is 14.2. The van der Waals surface area contributed by atoms with E-state index in [0.717, 1.165) is 66.0 Å². The first-order valence-corrected chi connectivity index (χ1v) is 14.7. The second-order valence-corrected chi connectivity index (χ2v) is 13.8. The molecule has 1 amide bonds. The molecular formula is C29H40N2O2S2. The first-order chi connectivity index (χ1) is 16.4. The van der Waals surface area contributed by atoms with Crippen molar-refractivity contribution >= 4 is 34.0 Å². The summed E-state index contributed by atoms with van der Waals surface area (Å²) in [5, 5.41) is 24.3. The molecule has 3 rings (SSSR count). The van der Waals surface area contributed by atoms with E-state index in [2.05, 4.69) is 65.1 Å². The van der Waals surface area contributed by atoms with Gasteiger partial charge in [0.15, 0.2) is 0 Å². The molecule has 0 fully saturated rings. The van der Waals surface area contributed by atoms with Gasteiger partial charge in [0.2, 0.25) is 5.91 Å². The third-order valence-electron chi connectivity index (χ3n) is 6.56. The number of thiophene rings is 1. The van der Waals surface area contributed by atoms with E-state index in [0.29, 0.717) is 17.1 Å². The van der Waals surface area contributed by atoms with E-state index < -0.39 is 0 Å². The molecule has 35 heavy (non-hydrogen) atoms. The molecule has 1 heterocycles. The van der Waals surface area contributed by atoms with E-state index in [1.807, 2.05) is 0 Å². The van der Waals surface area contributed by atoms with Crippen molar-refractivity contribution in [3.05, 3.63) is 44.8 Å². The van der Waals surface area contributed by atoms with Gasteiger partial charge < -0.3 is 10.4 Å². The van der Waals surface area contributed by atoms with Crippen LogP contribution in [-0.2, 0) is 34.9 Å². The van der Waals surface area contributed by atoms with Crippen LogP contribution in [0.15, 0.2) is 12.1 Å². The van der Waals surface area contributed by atoms with Crippen LogP contribution in [0.1, 0.15) is 99.9 Å². The Morgan fingerprint density at radius 2 is 1.71 bits per heavy atom. The van der Waals surface area contributed by atoms with E-state index in [9.17, 15) is 15.2 Å². The number of aryl methyl sites for hydroxylation is 2. The summed E-state index contributed by atoms with van der Waals surface area (Å²) < 4.78 is 0. The highest BCUT2D eigenvalue weighted by Crippen LogP contribution is 2.40. The Balaban J connectivity index is 1.55. The Kier molecular flexibility index (Phi) is 8.99. The number of nitrogens with one attached hydrogen (secondary N) is 1. The smallest absolute Gasteiger partial charge is 0.235 e. The Morgan fingerprint density at radius 1 is 1.09 bits per heavy atom. The molecule has 2 N–H and O–H groups in total. The number of nitriles is 1. The lowest BCUT2D eigenvalue weighted by molar-refractivity contribution is -0.113. The molecule has 0 saturated heterocycles. The number of amides is 1. The molecule has 0 aliphatic heterocycles. The van der Waals surface area contributed by atoms with Crippen molar-refractivity contribution in [2.24, 2.45) is 0 Å². The van der Waals surface area contributed by atoms with Crippen molar-refractivity contribution in [3.63, 3.8) is 0 Å². The highest BCUT2D eigenvalue weighted by molar-refractivity contribution is 7.99. The number of hydrogen-bond donors (Lipinski definition) is 2. The fourth-order valence-corrected chi connectivity index (χ4v) is 6.64. The fourth-order valence-electron chi connectivity index (χ4n) is 4.64. The molecule has 6 heteroatoms. The first kappa shape index (κ1) is 27.6. The van der Waals surface area contributed by atoms with Crippen molar-refractivity contribution in [2.45, 2.75) is 97.3 Å². The number of phenolic OH excluding ortho intramolecular Hbond substituents is 1. The number of hydrogen-bond acceptors (Lipinski definition) is 5. The largest absolute Gasteiger partial charge is 0.507 e. The fraction of sp³-hybridized carbons (Fsp3) is 0.586. The monoisotopic (exact) mass is 512 g/mol. The zero-order valence-corrected chi connectivity index (χ0v) is 23.8. The molecule has 4 nitrogen and oxygen atoms in total. The lowest BCUT2D eigenvalue weighted by Crippen LogP contribution is -2.18. The summed E-state index contributed by atoms with van der Waals surface area (Å²) in [6.07, 6.45) is 7.34. The molecular weight excluding hydrogens is 472 g/mol. The molecule has 0 atom stereocenters. The lowest BCUT2D eigenvalue weighted by atomic mass is 9.78. The average molecular weight is 513 g/mol. The minimum absolute atomic E-state index is 0.0300. The van der Waals surface area contributed by atoms with Crippen LogP contribution in [0.3, 0.4) is 0 Å². The molecule has 190 valence electrons. The zero-order valence-electron chi connectivity index (χ0n) is 22.1. The summed E-state index contributed by atoms with van der Waals surface area (Å²) in [4.78, 5) is 13.9. The summed E-state index contributed by atoms with van der Waals surface area (Å²) in [6, 6.07) is 6.63. The summed E-state index contributed by atoms with van der Waals surface area (Å²) in [5.74, 6) is 1.67. The van der Waals surface area contributed by atoms with Crippen molar-refractivity contribution < 1.29 is 9.90 Å². The number of aromatic hydroxyl groups is 1. The van der Waals surface area contributed by atoms with Crippen molar-refractivity contribution in [3.8, 4) is 11.8 Å². The molecule has 1 aromatic heterocycles. The summed E-state index contributed by atoms with van der Waals surface area (Å²) >= 11 is 3.23. The maximum atomic E-state index is 12.6. The number of thioether (sulfide) groups is 1. The van der Waals surface area contributed by atoms with Gasteiger partial charge in [-0.15, -0.1) is 11.3 Å². The van der Waals surface area contributed by atoms with Crippen LogP contribution in [0, 0.1) is 11.3 Å². The van der Waals surface area contributed by atoms with Crippen molar-refractivity contribution in [2.75, 3.05) is 16.8 Å². The van der Waals surface area contributed by atoms with Gasteiger partial charge in [-0.2, -0.15) is 17.0 Å². The molecule has 0 saturated carbocycles. The lowest BCUT2D eigenvalue weighted by Gasteiger charge is -2.28. The van der Waals surface area contributed by atoms with E-state index in [4.69, 9.17) is 0 Å². The van der Waals surface area contributed by atoms with Crippen LogP contribution in [0.25, 0.3) is 0 Å². The molecule has 0 radical (unpaired) electrons. The highest BCUT2D eigenvalue weighted by Gasteiger charge is 2.26. The van der Waals surface area contributed by atoms with E-state index >= 15 is 0 Å². The van der Waals surface area contributed by atoms with E-state index in [-0.39, 0.29) is 16.7 Å². The molecule has 1 aliphatic carbocycles. The SMILES string of the molecule is CC(C)(C)c1cc(CCCSCC(=O)Nc2sc3c(c2C#N)CCCCC3)cc(C(C)(C)C)c1O. The first-order valence-electron chi connectivity index (χ1n) is 12.7. The van der Waals surface area contributed by atoms with Gasteiger partial charge in [-0.3, -0.25) is 4.79 Å². The Labute approximate surface area is 219 Å². The number of rotatable bonds is 7. The standard InChI is InChI=1S/C29H40N2O2S2/c1-28(2,3)22-15-19(16-23(26(22)33)29(4,5)6)11-10-14-34-18-25(32)31-27-21(17-30)20-12-8-7-9-13-24(20)35-27/h15-16,33H,7-14,18H2,1-6H3,(H,31,32). The highest BCUT2D eigenvalue weighted by atomic mass is 32.2. The minimum Gasteiger partial charge on any atom is -0.507 e. The van der Waals surface area contributed by atoms with Gasteiger partial charge in [0, 0.05) is 4.88 Å². The van der Waals surface area contributed by atoms with Gasteiger partial charge in [-0.1, -0.05) is 60.1 Å². The summed E-state index contributed by atoms with van der Waals surface area (Å²) in [5.41, 5.74) is 4.81. The molecule has 1 aromatic carbocycles. The number of nitrogens with zero attached hydrogens (tertiary/aromatic N) is 1. The summed E-state index contributed by atoms with van der Waals surface area (Å²) in [6.45, 7) is 12.8. The predicted octanol–water partition coefficient (Wildman–Crippen LogP) is 7.49. The second kappa shape index (κ2) is 11.4. The van der Waals surface area contributed by atoms with Gasteiger partial charge in [-0.05, 0) is 77.4 Å². The molecule has 0 bridgehead atoms. The van der Waals surface area contributed by atoms with Crippen LogP contribution >= 0.6 is 23.1 Å². The number of carbonyl (C=O) groups is 1. The van der Waals surface area contributed by atoms with Gasteiger partial charge >= 0.3 is 0 Å². The zero-order chi connectivity index (χ0) is 25.8. The second-order valence-electron chi connectivity index (χ2n) is 11.6. The Bertz CT molecular complexity index is 1060. The number of phenols is 1. The topological polar surface area (TPSA) is 73.1 Å². The van der Waals surface area contributed by atoms with Gasteiger partial charge in [0.1, 0.15) is 16.8 Å². The van der Waals surface area contributed by atoms with Gasteiger partial charge in [0.25, 0.3) is 0 Å². The number of benzene rings is 1. The molecule has 2 aromatic rings. The summed E-state index contributed by atoms with van der Waals surface area (Å²) in [7, 11) is 0. The average Bonchev–Trinajstić information content (AvgIpc) is 2.91. The molecule has 1 aliphatic rings. The van der Waals surface area contributed by atoms with Crippen molar-refractivity contribution in [1.29, 1.82) is 5.26 Å². The third-order valence-corrected chi connectivity index (χ3v) is 8.81. The number of anilines is 1. The van der Waals surface area contributed by atoms with Crippen LogP contribution in [0.5, 0.6) is 5.75 Å². The van der Waals surface area contributed by atoms with Crippen LogP contribution in [-0.4, -0.2) is 22.5 Å². The van der Waals surface area contributed by atoms with Gasteiger partial charge in [-0.25, -0.2) is 0 Å². The van der Waals surface area contributed by atoms with Crippen LogP contribution in [0.2, 0.25) is 0 Å². The van der Waals surface area contributed by atoms with Crippen molar-refractivity contribution in [1.82, 2.24) is 0 Å².